The first-order chi connectivity index (χ1) is 10.9. The lowest BCUT2D eigenvalue weighted by molar-refractivity contribution is -0.141. The van der Waals surface area contributed by atoms with Gasteiger partial charge in [0, 0.05) is 31.6 Å². The van der Waals surface area contributed by atoms with Gasteiger partial charge < -0.3 is 4.90 Å². The number of fused-ring (bicyclic) bond motifs is 1. The van der Waals surface area contributed by atoms with E-state index in [-0.39, 0.29) is 11.3 Å². The highest BCUT2D eigenvalue weighted by atomic mass is 32.1. The Balaban J connectivity index is 1.66. The summed E-state index contributed by atoms with van der Waals surface area (Å²) < 4.78 is 1.25. The van der Waals surface area contributed by atoms with E-state index in [9.17, 15) is 4.79 Å². The number of thiazole rings is 1. The summed E-state index contributed by atoms with van der Waals surface area (Å²) in [5.41, 5.74) is 0.793. The van der Waals surface area contributed by atoms with Crippen molar-refractivity contribution in [1.29, 1.82) is 0 Å². The fraction of sp³-hybridized carbons (Fsp3) is 0.556. The summed E-state index contributed by atoms with van der Waals surface area (Å²) >= 11 is 1.78. The van der Waals surface area contributed by atoms with Crippen LogP contribution in [0.5, 0.6) is 0 Å². The number of aromatic nitrogens is 1. The average Bonchev–Trinajstić information content (AvgIpc) is 2.96. The summed E-state index contributed by atoms with van der Waals surface area (Å²) in [6.45, 7) is 11.6. The normalized spacial score (nSPS) is 18.3. The van der Waals surface area contributed by atoms with Gasteiger partial charge in [0.2, 0.25) is 5.91 Å². The second kappa shape index (κ2) is 6.21. The SMILES string of the molecule is CC(c1nc2ccccc2s1)N1CCN(C(=O)C(C)(C)C)CC1. The molecule has 5 heteroatoms. The van der Waals surface area contributed by atoms with Crippen LogP contribution >= 0.6 is 11.3 Å². The summed E-state index contributed by atoms with van der Waals surface area (Å²) in [5, 5.41) is 1.17. The molecule has 1 aromatic carbocycles. The first kappa shape index (κ1) is 16.4. The van der Waals surface area contributed by atoms with Crippen molar-refractivity contribution in [2.45, 2.75) is 33.7 Å². The van der Waals surface area contributed by atoms with Crippen LogP contribution < -0.4 is 0 Å². The minimum atomic E-state index is -0.291. The zero-order valence-corrected chi connectivity index (χ0v) is 15.2. The van der Waals surface area contributed by atoms with E-state index >= 15 is 0 Å². The van der Waals surface area contributed by atoms with Gasteiger partial charge in [0.1, 0.15) is 5.01 Å². The van der Waals surface area contributed by atoms with Crippen LogP contribution in [0.4, 0.5) is 0 Å². The lowest BCUT2D eigenvalue weighted by Gasteiger charge is -2.39. The second-order valence-corrected chi connectivity index (χ2v) is 8.34. The Labute approximate surface area is 142 Å². The molecule has 1 atom stereocenters. The summed E-state index contributed by atoms with van der Waals surface area (Å²) in [5.74, 6) is 0.254. The van der Waals surface area contributed by atoms with Gasteiger partial charge in [-0.1, -0.05) is 32.9 Å². The highest BCUT2D eigenvalue weighted by Crippen LogP contribution is 2.30. The number of hydrogen-bond acceptors (Lipinski definition) is 4. The molecule has 2 heterocycles. The smallest absolute Gasteiger partial charge is 0.228 e. The largest absolute Gasteiger partial charge is 0.340 e. The first-order valence-corrected chi connectivity index (χ1v) is 9.07. The fourth-order valence-corrected chi connectivity index (χ4v) is 4.07. The molecule has 1 saturated heterocycles. The summed E-state index contributed by atoms with van der Waals surface area (Å²) in [6, 6.07) is 8.60. The molecule has 3 rings (SSSR count). The van der Waals surface area contributed by atoms with Crippen LogP contribution in [0.1, 0.15) is 38.7 Å². The number of nitrogens with zero attached hydrogens (tertiary/aromatic N) is 3. The Morgan fingerprint density at radius 3 is 2.43 bits per heavy atom. The van der Waals surface area contributed by atoms with E-state index in [0.29, 0.717) is 6.04 Å². The number of piperazine rings is 1. The third-order valence-corrected chi connectivity index (χ3v) is 5.67. The number of benzene rings is 1. The van der Waals surface area contributed by atoms with Gasteiger partial charge >= 0.3 is 0 Å². The Bertz CT molecular complexity index is 663. The number of carbonyl (C=O) groups excluding carboxylic acids is 1. The Hall–Kier alpha value is -1.46. The van der Waals surface area contributed by atoms with E-state index in [1.54, 1.807) is 11.3 Å². The molecule has 0 saturated carbocycles. The highest BCUT2D eigenvalue weighted by molar-refractivity contribution is 7.18. The number of amides is 1. The first-order valence-electron chi connectivity index (χ1n) is 8.25. The molecule has 1 fully saturated rings. The molecule has 124 valence electrons. The minimum Gasteiger partial charge on any atom is -0.340 e. The summed E-state index contributed by atoms with van der Waals surface area (Å²) in [7, 11) is 0. The van der Waals surface area contributed by atoms with Crippen molar-refractivity contribution in [2.24, 2.45) is 5.41 Å². The molecule has 0 aliphatic carbocycles. The zero-order valence-electron chi connectivity index (χ0n) is 14.4. The maximum absolute atomic E-state index is 12.4. The van der Waals surface area contributed by atoms with Crippen molar-refractivity contribution >= 4 is 27.5 Å². The molecule has 1 aromatic heterocycles. The molecule has 1 aliphatic rings. The van der Waals surface area contributed by atoms with Crippen LogP contribution in [0.3, 0.4) is 0 Å². The third kappa shape index (κ3) is 3.40. The van der Waals surface area contributed by atoms with Gasteiger partial charge in [0.15, 0.2) is 0 Å². The van der Waals surface area contributed by atoms with Crippen LogP contribution in [0.15, 0.2) is 24.3 Å². The van der Waals surface area contributed by atoms with Gasteiger partial charge in [-0.25, -0.2) is 4.98 Å². The van der Waals surface area contributed by atoms with E-state index in [1.807, 2.05) is 31.7 Å². The van der Waals surface area contributed by atoms with Gasteiger partial charge in [-0.3, -0.25) is 9.69 Å². The molecule has 1 amide bonds. The molecular weight excluding hydrogens is 306 g/mol. The lowest BCUT2D eigenvalue weighted by Crippen LogP contribution is -2.52. The maximum atomic E-state index is 12.4. The van der Waals surface area contributed by atoms with Crippen LogP contribution in [0.25, 0.3) is 10.2 Å². The van der Waals surface area contributed by atoms with Crippen LogP contribution in [-0.4, -0.2) is 46.9 Å². The predicted molar refractivity (Wildman–Crippen MR) is 95.6 cm³/mol. The zero-order chi connectivity index (χ0) is 16.6. The quantitative estimate of drug-likeness (QED) is 0.844. The van der Waals surface area contributed by atoms with Crippen molar-refractivity contribution in [3.8, 4) is 0 Å². The van der Waals surface area contributed by atoms with Crippen molar-refractivity contribution in [3.05, 3.63) is 29.3 Å². The van der Waals surface area contributed by atoms with E-state index in [1.165, 1.54) is 9.71 Å². The Kier molecular flexibility index (Phi) is 4.43. The van der Waals surface area contributed by atoms with E-state index < -0.39 is 0 Å². The molecular formula is C18H25N3OS. The number of carbonyl (C=O) groups is 1. The lowest BCUT2D eigenvalue weighted by atomic mass is 9.94. The highest BCUT2D eigenvalue weighted by Gasteiger charge is 2.31. The monoisotopic (exact) mass is 331 g/mol. The number of hydrogen-bond donors (Lipinski definition) is 0. The number of rotatable bonds is 2. The van der Waals surface area contributed by atoms with Crippen molar-refractivity contribution in [3.63, 3.8) is 0 Å². The second-order valence-electron chi connectivity index (χ2n) is 7.27. The molecule has 0 spiro atoms. The molecule has 23 heavy (non-hydrogen) atoms. The molecule has 2 aromatic rings. The molecule has 0 radical (unpaired) electrons. The van der Waals surface area contributed by atoms with E-state index in [4.69, 9.17) is 4.98 Å². The summed E-state index contributed by atoms with van der Waals surface area (Å²) in [4.78, 5) is 21.6. The van der Waals surface area contributed by atoms with Gasteiger partial charge in [-0.2, -0.15) is 0 Å². The molecule has 1 unspecified atom stereocenters. The van der Waals surface area contributed by atoms with E-state index in [2.05, 4.69) is 30.0 Å². The Morgan fingerprint density at radius 2 is 1.83 bits per heavy atom. The van der Waals surface area contributed by atoms with E-state index in [0.717, 1.165) is 31.7 Å². The van der Waals surface area contributed by atoms with Crippen LogP contribution in [-0.2, 0) is 4.79 Å². The van der Waals surface area contributed by atoms with Crippen molar-refractivity contribution in [2.75, 3.05) is 26.2 Å². The van der Waals surface area contributed by atoms with Crippen LogP contribution in [0, 0.1) is 5.41 Å². The average molecular weight is 331 g/mol. The Morgan fingerprint density at radius 1 is 1.17 bits per heavy atom. The number of para-hydroxylation sites is 1. The van der Waals surface area contributed by atoms with Gasteiger partial charge in [-0.05, 0) is 19.1 Å². The van der Waals surface area contributed by atoms with Gasteiger partial charge in [-0.15, -0.1) is 11.3 Å². The molecule has 4 nitrogen and oxygen atoms in total. The fourth-order valence-electron chi connectivity index (χ4n) is 3.01. The molecule has 0 bridgehead atoms. The third-order valence-electron chi connectivity index (χ3n) is 4.46. The topological polar surface area (TPSA) is 36.4 Å². The molecule has 1 aliphatic heterocycles. The van der Waals surface area contributed by atoms with Gasteiger partial charge in [0.25, 0.3) is 0 Å². The maximum Gasteiger partial charge on any atom is 0.228 e. The molecule has 0 N–H and O–H groups in total. The van der Waals surface area contributed by atoms with Gasteiger partial charge in [0.05, 0.1) is 16.3 Å². The van der Waals surface area contributed by atoms with Crippen LogP contribution in [0.2, 0.25) is 0 Å². The van der Waals surface area contributed by atoms with Crippen molar-refractivity contribution in [1.82, 2.24) is 14.8 Å². The minimum absolute atomic E-state index is 0.254. The van der Waals surface area contributed by atoms with Crippen molar-refractivity contribution < 1.29 is 4.79 Å². The standard InChI is InChI=1S/C18H25N3OS/c1-13(16-19-14-7-5-6-8-15(14)23-16)20-9-11-21(12-10-20)17(22)18(2,3)4/h5-8,13H,9-12H2,1-4H3. The predicted octanol–water partition coefficient (Wildman–Crippen LogP) is 3.55. The summed E-state index contributed by atoms with van der Waals surface area (Å²) in [6.07, 6.45) is 0.